The fraction of sp³-hybridized carbons (Fsp3) is 0.0909. The number of benzene rings is 3. The van der Waals surface area contributed by atoms with Gasteiger partial charge in [0.15, 0.2) is 0 Å². The monoisotopic (exact) mass is 491 g/mol. The van der Waals surface area contributed by atoms with Gasteiger partial charge < -0.3 is 10.2 Å². The SMILES string of the molecule is CN(CC(=O)Nc1ccccc1Cl)C(=O)c1cccc(S(=O)(=O)Nc2ccccc2Cl)c1. The number of halogens is 2. The molecule has 10 heteroatoms. The highest BCUT2D eigenvalue weighted by molar-refractivity contribution is 7.92. The highest BCUT2D eigenvalue weighted by Crippen LogP contribution is 2.24. The molecule has 0 saturated heterocycles. The summed E-state index contributed by atoms with van der Waals surface area (Å²) >= 11 is 12.0. The minimum absolute atomic E-state index is 0.111. The molecule has 0 radical (unpaired) electrons. The minimum Gasteiger partial charge on any atom is -0.332 e. The van der Waals surface area contributed by atoms with Crippen molar-refractivity contribution in [1.29, 1.82) is 0 Å². The van der Waals surface area contributed by atoms with E-state index in [1.54, 1.807) is 42.5 Å². The molecule has 3 rings (SSSR count). The zero-order valence-electron chi connectivity index (χ0n) is 16.9. The van der Waals surface area contributed by atoms with Gasteiger partial charge in [0, 0.05) is 12.6 Å². The molecule has 0 atom stereocenters. The number of para-hydroxylation sites is 2. The van der Waals surface area contributed by atoms with Crippen LogP contribution in [0.25, 0.3) is 0 Å². The Kier molecular flexibility index (Phi) is 7.40. The molecule has 0 saturated carbocycles. The Morgan fingerprint density at radius 3 is 2.09 bits per heavy atom. The quantitative estimate of drug-likeness (QED) is 0.508. The highest BCUT2D eigenvalue weighted by atomic mass is 35.5. The zero-order valence-corrected chi connectivity index (χ0v) is 19.2. The Balaban J connectivity index is 1.72. The molecular formula is C22H19Cl2N3O4S. The van der Waals surface area contributed by atoms with Gasteiger partial charge >= 0.3 is 0 Å². The Bertz CT molecular complexity index is 1270. The molecule has 7 nitrogen and oxygen atoms in total. The third-order valence-electron chi connectivity index (χ3n) is 4.38. The van der Waals surface area contributed by atoms with E-state index in [0.29, 0.717) is 10.7 Å². The van der Waals surface area contributed by atoms with Crippen LogP contribution in [0.15, 0.2) is 77.7 Å². The Morgan fingerprint density at radius 1 is 0.875 bits per heavy atom. The Labute approximate surface area is 196 Å². The summed E-state index contributed by atoms with van der Waals surface area (Å²) in [5.74, 6) is -0.966. The van der Waals surface area contributed by atoms with Crippen molar-refractivity contribution in [2.24, 2.45) is 0 Å². The average Bonchev–Trinajstić information content (AvgIpc) is 2.76. The first-order valence-corrected chi connectivity index (χ1v) is 11.6. The van der Waals surface area contributed by atoms with Gasteiger partial charge in [-0.05, 0) is 42.5 Å². The number of hydrogen-bond donors (Lipinski definition) is 2. The maximum atomic E-state index is 12.8. The zero-order chi connectivity index (χ0) is 23.3. The molecule has 0 unspecified atom stereocenters. The normalized spacial score (nSPS) is 11.0. The van der Waals surface area contributed by atoms with Crippen LogP contribution in [-0.2, 0) is 14.8 Å². The van der Waals surface area contributed by atoms with Crippen molar-refractivity contribution in [3.05, 3.63) is 88.4 Å². The van der Waals surface area contributed by atoms with Gasteiger partial charge in [0.1, 0.15) is 0 Å². The molecule has 0 aliphatic heterocycles. The summed E-state index contributed by atoms with van der Waals surface area (Å²) in [4.78, 5) is 26.1. The molecule has 0 bridgehead atoms. The van der Waals surface area contributed by atoms with Crippen LogP contribution in [0.3, 0.4) is 0 Å². The molecule has 2 amide bonds. The molecule has 3 aromatic carbocycles. The average molecular weight is 492 g/mol. The topological polar surface area (TPSA) is 95.6 Å². The van der Waals surface area contributed by atoms with E-state index >= 15 is 0 Å². The number of amides is 2. The standard InChI is InChI=1S/C22H19Cl2N3O4S/c1-27(14-21(28)25-19-11-4-2-9-17(19)23)22(29)15-7-6-8-16(13-15)32(30,31)26-20-12-5-3-10-18(20)24/h2-13,26H,14H2,1H3,(H,25,28). The first-order chi connectivity index (χ1) is 15.2. The first-order valence-electron chi connectivity index (χ1n) is 9.34. The number of anilines is 2. The van der Waals surface area contributed by atoms with Crippen LogP contribution in [0.2, 0.25) is 10.0 Å². The number of sulfonamides is 1. The second-order valence-electron chi connectivity index (χ2n) is 6.80. The predicted molar refractivity (Wildman–Crippen MR) is 126 cm³/mol. The second-order valence-corrected chi connectivity index (χ2v) is 9.30. The van der Waals surface area contributed by atoms with Crippen LogP contribution in [0.4, 0.5) is 11.4 Å². The molecule has 32 heavy (non-hydrogen) atoms. The predicted octanol–water partition coefficient (Wildman–Crippen LogP) is 4.50. The smallest absolute Gasteiger partial charge is 0.261 e. The van der Waals surface area contributed by atoms with Crippen molar-refractivity contribution < 1.29 is 18.0 Å². The van der Waals surface area contributed by atoms with Crippen molar-refractivity contribution in [3.8, 4) is 0 Å². The van der Waals surface area contributed by atoms with Gasteiger partial charge in [0.05, 0.1) is 32.9 Å². The Hall–Kier alpha value is -3.07. The summed E-state index contributed by atoms with van der Waals surface area (Å²) in [6.07, 6.45) is 0. The summed E-state index contributed by atoms with van der Waals surface area (Å²) in [6, 6.07) is 18.7. The molecule has 0 aliphatic carbocycles. The van der Waals surface area contributed by atoms with Gasteiger partial charge in [-0.15, -0.1) is 0 Å². The van der Waals surface area contributed by atoms with Crippen LogP contribution < -0.4 is 10.0 Å². The van der Waals surface area contributed by atoms with Crippen LogP contribution in [-0.4, -0.2) is 38.7 Å². The maximum Gasteiger partial charge on any atom is 0.261 e. The van der Waals surface area contributed by atoms with Crippen molar-refractivity contribution >= 4 is 56.4 Å². The van der Waals surface area contributed by atoms with Crippen molar-refractivity contribution in [2.45, 2.75) is 4.90 Å². The van der Waals surface area contributed by atoms with E-state index in [1.165, 1.54) is 42.3 Å². The third kappa shape index (κ3) is 5.79. The fourth-order valence-corrected chi connectivity index (χ4v) is 4.35. The molecule has 0 aromatic heterocycles. The van der Waals surface area contributed by atoms with E-state index in [1.807, 2.05) is 0 Å². The third-order valence-corrected chi connectivity index (χ3v) is 6.41. The lowest BCUT2D eigenvalue weighted by atomic mass is 10.2. The molecular weight excluding hydrogens is 473 g/mol. The number of carbonyl (C=O) groups excluding carboxylic acids is 2. The maximum absolute atomic E-state index is 12.8. The number of carbonyl (C=O) groups is 2. The van der Waals surface area contributed by atoms with Crippen LogP contribution >= 0.6 is 23.2 Å². The summed E-state index contributed by atoms with van der Waals surface area (Å²) in [7, 11) is -2.54. The summed E-state index contributed by atoms with van der Waals surface area (Å²) in [5, 5.41) is 3.25. The van der Waals surface area contributed by atoms with Gasteiger partial charge in [-0.2, -0.15) is 0 Å². The van der Waals surface area contributed by atoms with E-state index in [4.69, 9.17) is 23.2 Å². The number of nitrogens with zero attached hydrogens (tertiary/aromatic N) is 1. The van der Waals surface area contributed by atoms with E-state index in [0.717, 1.165) is 0 Å². The van der Waals surface area contributed by atoms with Gasteiger partial charge in [0.25, 0.3) is 15.9 Å². The molecule has 3 aromatic rings. The van der Waals surface area contributed by atoms with Crippen molar-refractivity contribution in [1.82, 2.24) is 4.90 Å². The van der Waals surface area contributed by atoms with Crippen molar-refractivity contribution in [2.75, 3.05) is 23.6 Å². The largest absolute Gasteiger partial charge is 0.332 e. The molecule has 0 heterocycles. The summed E-state index contributed by atoms with van der Waals surface area (Å²) in [6.45, 7) is -0.251. The summed E-state index contributed by atoms with van der Waals surface area (Å²) < 4.78 is 27.9. The molecule has 166 valence electrons. The summed E-state index contributed by atoms with van der Waals surface area (Å²) in [5.41, 5.74) is 0.762. The molecule has 2 N–H and O–H groups in total. The van der Waals surface area contributed by atoms with Gasteiger partial charge in [-0.25, -0.2) is 8.42 Å². The lowest BCUT2D eigenvalue weighted by molar-refractivity contribution is -0.116. The lowest BCUT2D eigenvalue weighted by Gasteiger charge is -2.18. The van der Waals surface area contributed by atoms with Crippen LogP contribution in [0, 0.1) is 0 Å². The second kappa shape index (κ2) is 10.0. The number of hydrogen-bond acceptors (Lipinski definition) is 4. The van der Waals surface area contributed by atoms with Gasteiger partial charge in [0.2, 0.25) is 5.91 Å². The van der Waals surface area contributed by atoms with E-state index in [-0.39, 0.29) is 27.7 Å². The Morgan fingerprint density at radius 2 is 1.47 bits per heavy atom. The van der Waals surface area contributed by atoms with E-state index in [9.17, 15) is 18.0 Å². The fourth-order valence-electron chi connectivity index (χ4n) is 2.80. The van der Waals surface area contributed by atoms with Gasteiger partial charge in [-0.1, -0.05) is 53.5 Å². The number of likely N-dealkylation sites (N-methyl/N-ethyl adjacent to an activating group) is 1. The number of rotatable bonds is 7. The van der Waals surface area contributed by atoms with Crippen LogP contribution in [0.5, 0.6) is 0 Å². The van der Waals surface area contributed by atoms with Crippen LogP contribution in [0.1, 0.15) is 10.4 Å². The van der Waals surface area contributed by atoms with Gasteiger partial charge in [-0.3, -0.25) is 14.3 Å². The highest BCUT2D eigenvalue weighted by Gasteiger charge is 2.20. The molecule has 0 fully saturated rings. The molecule has 0 aliphatic rings. The lowest BCUT2D eigenvalue weighted by Crippen LogP contribution is -2.35. The molecule has 0 spiro atoms. The van der Waals surface area contributed by atoms with E-state index in [2.05, 4.69) is 10.0 Å². The minimum atomic E-state index is -3.99. The van der Waals surface area contributed by atoms with Crippen molar-refractivity contribution in [3.63, 3.8) is 0 Å². The number of nitrogens with one attached hydrogen (secondary N) is 2. The first kappa shape index (κ1) is 23.6. The van der Waals surface area contributed by atoms with E-state index < -0.39 is 21.8 Å².